The zero-order valence-electron chi connectivity index (χ0n) is 14.0. The van der Waals surface area contributed by atoms with Gasteiger partial charge in [-0.25, -0.2) is 0 Å². The average Bonchev–Trinajstić information content (AvgIpc) is 3.07. The highest BCUT2D eigenvalue weighted by Crippen LogP contribution is 2.48. The first kappa shape index (κ1) is 16.3. The van der Waals surface area contributed by atoms with Crippen molar-refractivity contribution in [3.05, 3.63) is 39.1 Å². The van der Waals surface area contributed by atoms with Crippen LogP contribution in [0.25, 0.3) is 0 Å². The number of nitro groups is 1. The summed E-state index contributed by atoms with van der Waals surface area (Å²) in [6, 6.07) is 5.01. The number of hydrogen-bond acceptors (Lipinski definition) is 7. The van der Waals surface area contributed by atoms with E-state index in [2.05, 4.69) is 11.1 Å². The van der Waals surface area contributed by atoms with Crippen molar-refractivity contribution in [3.63, 3.8) is 0 Å². The van der Waals surface area contributed by atoms with E-state index in [1.54, 1.807) is 6.92 Å². The van der Waals surface area contributed by atoms with E-state index >= 15 is 0 Å². The number of fused-ring (bicyclic) bond motifs is 1. The lowest BCUT2D eigenvalue weighted by atomic mass is 9.72. The molecule has 0 bridgehead atoms. The molecule has 1 aromatic rings. The number of carbonyl (C=O) groups excluding carboxylic acids is 1. The molecule has 0 aromatic heterocycles. The summed E-state index contributed by atoms with van der Waals surface area (Å²) in [7, 11) is 0. The van der Waals surface area contributed by atoms with Gasteiger partial charge in [0.2, 0.25) is 6.79 Å². The molecule has 0 amide bonds. The summed E-state index contributed by atoms with van der Waals surface area (Å²) in [5.41, 5.74) is 1.75. The molecule has 8 heteroatoms. The molecular formula is C18H15N3O5. The number of ketones is 1. The maximum atomic E-state index is 12.6. The Balaban J connectivity index is 1.97. The largest absolute Gasteiger partial charge is 0.454 e. The molecule has 2 aliphatic heterocycles. The Morgan fingerprint density at radius 2 is 2.04 bits per heavy atom. The molecule has 0 saturated carbocycles. The lowest BCUT2D eigenvalue weighted by molar-refractivity contribution is -0.385. The second-order valence-electron chi connectivity index (χ2n) is 6.50. The summed E-state index contributed by atoms with van der Waals surface area (Å²) in [4.78, 5) is 28.3. The Morgan fingerprint density at radius 3 is 2.73 bits per heavy atom. The van der Waals surface area contributed by atoms with Crippen LogP contribution in [0.5, 0.6) is 11.5 Å². The summed E-state index contributed by atoms with van der Waals surface area (Å²) in [5.74, 6) is -0.892. The number of nitriles is 1. The quantitative estimate of drug-likeness (QED) is 0.596. The number of aliphatic imine (C=N–C) groups is 1. The lowest BCUT2D eigenvalue weighted by Gasteiger charge is -2.32. The van der Waals surface area contributed by atoms with Crippen molar-refractivity contribution in [2.75, 3.05) is 6.79 Å². The molecule has 1 unspecified atom stereocenters. The molecule has 26 heavy (non-hydrogen) atoms. The molecule has 1 aromatic carbocycles. The van der Waals surface area contributed by atoms with Gasteiger partial charge in [-0.3, -0.25) is 19.9 Å². The molecule has 0 N–H and O–H groups in total. The van der Waals surface area contributed by atoms with Gasteiger partial charge in [-0.15, -0.1) is 0 Å². The second-order valence-corrected chi connectivity index (χ2v) is 6.50. The first-order valence-electron chi connectivity index (χ1n) is 8.30. The van der Waals surface area contributed by atoms with Gasteiger partial charge in [0.05, 0.1) is 23.0 Å². The highest BCUT2D eigenvalue weighted by molar-refractivity contribution is 6.03. The normalized spacial score (nSPS) is 24.0. The minimum Gasteiger partial charge on any atom is -0.454 e. The van der Waals surface area contributed by atoms with Crippen LogP contribution in [0.4, 0.5) is 5.69 Å². The minimum atomic E-state index is -0.741. The Kier molecular flexibility index (Phi) is 3.72. The Hall–Kier alpha value is -3.21. The second kappa shape index (κ2) is 5.95. The van der Waals surface area contributed by atoms with Crippen molar-refractivity contribution in [3.8, 4) is 17.6 Å². The van der Waals surface area contributed by atoms with Gasteiger partial charge < -0.3 is 9.47 Å². The van der Waals surface area contributed by atoms with Crippen molar-refractivity contribution in [2.24, 2.45) is 10.9 Å². The van der Waals surface area contributed by atoms with Gasteiger partial charge in [0.15, 0.2) is 17.3 Å². The Bertz CT molecular complexity index is 941. The summed E-state index contributed by atoms with van der Waals surface area (Å²) in [6.45, 7) is 1.71. The standard InChI is InChI=1S/C18H15N3O5/c1-9-11(7-19)17(18-12(20-9)3-2-4-14(18)22)10-5-15-16(26-8-25-15)6-13(10)21(23)24/h5-6,11,17H,2-4,8H2,1H3/t11?,17-/m1/s1. The van der Waals surface area contributed by atoms with Crippen LogP contribution >= 0.6 is 0 Å². The lowest BCUT2D eigenvalue weighted by Crippen LogP contribution is -2.31. The molecule has 0 radical (unpaired) electrons. The van der Waals surface area contributed by atoms with Crippen LogP contribution in [-0.2, 0) is 4.79 Å². The number of nitrogens with zero attached hydrogens (tertiary/aromatic N) is 3. The number of rotatable bonds is 2. The number of allylic oxidation sites excluding steroid dienone is 2. The number of carbonyl (C=O) groups is 1. The van der Waals surface area contributed by atoms with Gasteiger partial charge in [0.1, 0.15) is 0 Å². The third kappa shape index (κ3) is 2.36. The Labute approximate surface area is 148 Å². The number of nitro benzene ring substituents is 1. The first-order valence-corrected chi connectivity index (χ1v) is 8.30. The van der Waals surface area contributed by atoms with Crippen molar-refractivity contribution >= 4 is 17.2 Å². The predicted molar refractivity (Wildman–Crippen MR) is 90.1 cm³/mol. The van der Waals surface area contributed by atoms with E-state index in [1.165, 1.54) is 12.1 Å². The van der Waals surface area contributed by atoms with E-state index in [0.717, 1.165) is 0 Å². The number of ether oxygens (including phenoxy) is 2. The maximum Gasteiger partial charge on any atom is 0.277 e. The molecule has 0 saturated heterocycles. The molecule has 2 heterocycles. The van der Waals surface area contributed by atoms with E-state index < -0.39 is 16.8 Å². The zero-order chi connectivity index (χ0) is 18.4. The molecule has 8 nitrogen and oxygen atoms in total. The highest BCUT2D eigenvalue weighted by Gasteiger charge is 2.42. The molecule has 3 aliphatic rings. The van der Waals surface area contributed by atoms with Crippen LogP contribution in [-0.4, -0.2) is 23.2 Å². The molecule has 132 valence electrons. The fourth-order valence-corrected chi connectivity index (χ4v) is 3.86. The van der Waals surface area contributed by atoms with Crippen LogP contribution < -0.4 is 9.47 Å². The number of Topliss-reactive ketones (excluding diaryl/α,β-unsaturated/α-hetero) is 1. The van der Waals surface area contributed by atoms with E-state index in [1.807, 2.05) is 0 Å². The summed E-state index contributed by atoms with van der Waals surface area (Å²) < 4.78 is 10.6. The third-order valence-corrected chi connectivity index (χ3v) is 5.03. The topological polar surface area (TPSA) is 115 Å². The minimum absolute atomic E-state index is 0.0182. The predicted octanol–water partition coefficient (Wildman–Crippen LogP) is 3.03. The fourth-order valence-electron chi connectivity index (χ4n) is 3.86. The van der Waals surface area contributed by atoms with Crippen molar-refractivity contribution < 1.29 is 19.2 Å². The average molecular weight is 353 g/mol. The van der Waals surface area contributed by atoms with E-state index in [0.29, 0.717) is 53.3 Å². The van der Waals surface area contributed by atoms with E-state index in [-0.39, 0.29) is 18.3 Å². The Morgan fingerprint density at radius 1 is 1.31 bits per heavy atom. The van der Waals surface area contributed by atoms with Gasteiger partial charge in [-0.1, -0.05) is 0 Å². The molecule has 0 fully saturated rings. The van der Waals surface area contributed by atoms with Crippen LogP contribution in [0.1, 0.15) is 37.7 Å². The van der Waals surface area contributed by atoms with Gasteiger partial charge in [-0.2, -0.15) is 5.26 Å². The van der Waals surface area contributed by atoms with Crippen LogP contribution in [0.2, 0.25) is 0 Å². The smallest absolute Gasteiger partial charge is 0.277 e. The van der Waals surface area contributed by atoms with E-state index in [9.17, 15) is 20.2 Å². The third-order valence-electron chi connectivity index (χ3n) is 5.03. The number of hydrogen-bond donors (Lipinski definition) is 0. The van der Waals surface area contributed by atoms with E-state index in [4.69, 9.17) is 9.47 Å². The summed E-state index contributed by atoms with van der Waals surface area (Å²) in [5, 5.41) is 21.4. The summed E-state index contributed by atoms with van der Waals surface area (Å²) in [6.07, 6.45) is 1.69. The molecule has 1 aliphatic carbocycles. The first-order chi connectivity index (χ1) is 12.5. The molecular weight excluding hydrogens is 338 g/mol. The number of benzene rings is 1. The maximum absolute atomic E-state index is 12.6. The monoisotopic (exact) mass is 353 g/mol. The van der Waals surface area contributed by atoms with Gasteiger partial charge in [0, 0.05) is 34.9 Å². The molecule has 2 atom stereocenters. The van der Waals surface area contributed by atoms with Gasteiger partial charge in [0.25, 0.3) is 5.69 Å². The van der Waals surface area contributed by atoms with Gasteiger partial charge >= 0.3 is 0 Å². The fraction of sp³-hybridized carbons (Fsp3) is 0.389. The van der Waals surface area contributed by atoms with Crippen LogP contribution in [0.3, 0.4) is 0 Å². The van der Waals surface area contributed by atoms with Crippen LogP contribution in [0, 0.1) is 27.4 Å². The zero-order valence-corrected chi connectivity index (χ0v) is 14.0. The van der Waals surface area contributed by atoms with Gasteiger partial charge in [-0.05, 0) is 25.8 Å². The SMILES string of the molecule is CC1=NC2=C(C(=O)CCC2)[C@H](c2cc3c(cc2[N+](=O)[O-])OCO3)C1C#N. The highest BCUT2D eigenvalue weighted by atomic mass is 16.7. The molecule has 0 spiro atoms. The molecule has 4 rings (SSSR count). The van der Waals surface area contributed by atoms with Crippen molar-refractivity contribution in [1.29, 1.82) is 5.26 Å². The van der Waals surface area contributed by atoms with Crippen molar-refractivity contribution in [2.45, 2.75) is 32.1 Å². The van der Waals surface area contributed by atoms with Crippen molar-refractivity contribution in [1.82, 2.24) is 0 Å². The van der Waals surface area contributed by atoms with Crippen LogP contribution in [0.15, 0.2) is 28.4 Å². The summed E-state index contributed by atoms with van der Waals surface area (Å²) >= 11 is 0.